The van der Waals surface area contributed by atoms with Gasteiger partial charge in [0, 0.05) is 23.2 Å². The molecule has 0 unspecified atom stereocenters. The van der Waals surface area contributed by atoms with Crippen LogP contribution in [0.2, 0.25) is 0 Å². The van der Waals surface area contributed by atoms with Crippen molar-refractivity contribution >= 4 is 22.6 Å². The quantitative estimate of drug-likeness (QED) is 0.366. The first-order valence-electron chi connectivity index (χ1n) is 10.6. The molecule has 0 amide bonds. The van der Waals surface area contributed by atoms with Gasteiger partial charge in [-0.3, -0.25) is 4.79 Å². The number of hydrogen-bond donors (Lipinski definition) is 1. The van der Waals surface area contributed by atoms with Gasteiger partial charge in [0.2, 0.25) is 0 Å². The molecule has 4 heteroatoms. The van der Waals surface area contributed by atoms with Crippen LogP contribution in [0.5, 0.6) is 0 Å². The van der Waals surface area contributed by atoms with Crippen LogP contribution in [-0.2, 0) is 9.53 Å². The molecule has 0 saturated carbocycles. The molecular weight excluding hydrogens is 384 g/mol. The topological polar surface area (TPSA) is 51.2 Å². The van der Waals surface area contributed by atoms with Crippen molar-refractivity contribution < 1.29 is 9.53 Å². The monoisotopic (exact) mass is 410 g/mol. The fraction of sp³-hybridized carbons (Fsp3) is 0.185. The number of benzene rings is 3. The van der Waals surface area contributed by atoms with E-state index >= 15 is 0 Å². The maximum atomic E-state index is 11.7. The van der Waals surface area contributed by atoms with Gasteiger partial charge in [0.05, 0.1) is 24.2 Å². The van der Waals surface area contributed by atoms with E-state index in [0.717, 1.165) is 27.8 Å². The largest absolute Gasteiger partial charge is 0.466 e. The fourth-order valence-corrected chi connectivity index (χ4v) is 3.58. The normalized spacial score (nSPS) is 10.8. The molecule has 4 rings (SSSR count). The number of esters is 1. The highest BCUT2D eigenvalue weighted by Crippen LogP contribution is 2.30. The number of nitrogens with one attached hydrogen (secondary N) is 1. The number of para-hydroxylation sites is 1. The van der Waals surface area contributed by atoms with Crippen molar-refractivity contribution in [3.05, 3.63) is 84.4 Å². The molecule has 1 N–H and O–H groups in total. The molecule has 0 saturated heterocycles. The second-order valence-electron chi connectivity index (χ2n) is 7.50. The Kier molecular flexibility index (Phi) is 6.27. The van der Waals surface area contributed by atoms with Gasteiger partial charge in [-0.15, -0.1) is 0 Å². The number of aromatic nitrogens is 1. The average Bonchev–Trinajstić information content (AvgIpc) is 2.80. The van der Waals surface area contributed by atoms with Crippen molar-refractivity contribution in [2.24, 2.45) is 0 Å². The summed E-state index contributed by atoms with van der Waals surface area (Å²) in [7, 11) is 0. The SMILES string of the molecule is CCOC(=O)CCNc1cc(-c2ccc(-c3ccc(C)cc3)cc2)nc2ccccc12. The molecule has 0 radical (unpaired) electrons. The summed E-state index contributed by atoms with van der Waals surface area (Å²) in [6.07, 6.45) is 0.324. The zero-order valence-corrected chi connectivity index (χ0v) is 17.9. The molecule has 0 aliphatic heterocycles. The van der Waals surface area contributed by atoms with Crippen LogP contribution < -0.4 is 5.32 Å². The molecule has 3 aromatic carbocycles. The summed E-state index contributed by atoms with van der Waals surface area (Å²) in [6, 6.07) is 27.1. The Bertz CT molecular complexity index is 1180. The Morgan fingerprint density at radius 1 is 0.903 bits per heavy atom. The van der Waals surface area contributed by atoms with E-state index in [1.807, 2.05) is 37.3 Å². The summed E-state index contributed by atoms with van der Waals surface area (Å²) in [5, 5.41) is 4.42. The molecule has 1 heterocycles. The second kappa shape index (κ2) is 9.43. The number of aryl methyl sites for hydroxylation is 1. The van der Waals surface area contributed by atoms with Crippen molar-refractivity contribution in [1.82, 2.24) is 4.98 Å². The minimum atomic E-state index is -0.194. The molecule has 1 aromatic heterocycles. The number of fused-ring (bicyclic) bond motifs is 1. The average molecular weight is 411 g/mol. The molecule has 156 valence electrons. The molecule has 0 spiro atoms. The Hall–Kier alpha value is -3.66. The smallest absolute Gasteiger partial charge is 0.307 e. The number of nitrogens with zero attached hydrogens (tertiary/aromatic N) is 1. The molecule has 0 bridgehead atoms. The summed E-state index contributed by atoms with van der Waals surface area (Å²) < 4.78 is 5.02. The van der Waals surface area contributed by atoms with Crippen LogP contribution in [-0.4, -0.2) is 24.1 Å². The van der Waals surface area contributed by atoms with E-state index in [0.29, 0.717) is 19.6 Å². The summed E-state index contributed by atoms with van der Waals surface area (Å²) in [5.74, 6) is -0.194. The van der Waals surface area contributed by atoms with E-state index in [1.165, 1.54) is 16.7 Å². The van der Waals surface area contributed by atoms with Gasteiger partial charge in [-0.25, -0.2) is 4.98 Å². The van der Waals surface area contributed by atoms with Crippen LogP contribution in [0.15, 0.2) is 78.9 Å². The Balaban J connectivity index is 1.61. The molecule has 4 nitrogen and oxygen atoms in total. The van der Waals surface area contributed by atoms with Crippen molar-refractivity contribution in [3.63, 3.8) is 0 Å². The van der Waals surface area contributed by atoms with Crippen LogP contribution in [0.3, 0.4) is 0 Å². The lowest BCUT2D eigenvalue weighted by atomic mass is 10.0. The van der Waals surface area contributed by atoms with Crippen molar-refractivity contribution in [2.75, 3.05) is 18.5 Å². The van der Waals surface area contributed by atoms with Crippen molar-refractivity contribution in [1.29, 1.82) is 0 Å². The second-order valence-corrected chi connectivity index (χ2v) is 7.50. The highest BCUT2D eigenvalue weighted by Gasteiger charge is 2.09. The first kappa shape index (κ1) is 20.6. The number of rotatable bonds is 7. The molecule has 4 aromatic rings. The van der Waals surface area contributed by atoms with Crippen LogP contribution in [0.25, 0.3) is 33.3 Å². The van der Waals surface area contributed by atoms with Crippen LogP contribution >= 0.6 is 0 Å². The van der Waals surface area contributed by atoms with Crippen molar-refractivity contribution in [2.45, 2.75) is 20.3 Å². The number of hydrogen-bond acceptors (Lipinski definition) is 4. The highest BCUT2D eigenvalue weighted by atomic mass is 16.5. The molecule has 0 fully saturated rings. The standard InChI is InChI=1S/C27H26N2O2/c1-3-31-27(30)16-17-28-26-18-25(29-24-7-5-4-6-23(24)26)22-14-12-21(13-15-22)20-10-8-19(2)9-11-20/h4-15,18H,3,16-17H2,1-2H3,(H,28,29). The third-order valence-corrected chi connectivity index (χ3v) is 5.23. The third-order valence-electron chi connectivity index (χ3n) is 5.23. The lowest BCUT2D eigenvalue weighted by Crippen LogP contribution is -2.11. The summed E-state index contributed by atoms with van der Waals surface area (Å²) in [4.78, 5) is 16.5. The number of anilines is 1. The van der Waals surface area contributed by atoms with Gasteiger partial charge >= 0.3 is 5.97 Å². The lowest BCUT2D eigenvalue weighted by molar-refractivity contribution is -0.142. The first-order chi connectivity index (χ1) is 15.1. The number of carbonyl (C=O) groups is 1. The van der Waals surface area contributed by atoms with Gasteiger partial charge in [0.1, 0.15) is 0 Å². The number of ether oxygens (including phenoxy) is 1. The van der Waals surface area contributed by atoms with E-state index in [1.54, 1.807) is 0 Å². The van der Waals surface area contributed by atoms with Crippen LogP contribution in [0.4, 0.5) is 5.69 Å². The van der Waals surface area contributed by atoms with Gasteiger partial charge < -0.3 is 10.1 Å². The molecule has 0 atom stereocenters. The van der Waals surface area contributed by atoms with E-state index in [-0.39, 0.29) is 5.97 Å². The summed E-state index contributed by atoms with van der Waals surface area (Å²) in [6.45, 7) is 4.83. The van der Waals surface area contributed by atoms with E-state index in [9.17, 15) is 4.79 Å². The molecule has 31 heavy (non-hydrogen) atoms. The predicted molar refractivity (Wildman–Crippen MR) is 127 cm³/mol. The maximum Gasteiger partial charge on any atom is 0.307 e. The molecular formula is C27H26N2O2. The number of carbonyl (C=O) groups excluding carboxylic acids is 1. The predicted octanol–water partition coefficient (Wildman–Crippen LogP) is 6.24. The maximum absolute atomic E-state index is 11.7. The molecule has 0 aliphatic carbocycles. The lowest BCUT2D eigenvalue weighted by Gasteiger charge is -2.12. The molecule has 0 aliphatic rings. The minimum Gasteiger partial charge on any atom is -0.466 e. The fourth-order valence-electron chi connectivity index (χ4n) is 3.58. The van der Waals surface area contributed by atoms with Crippen LogP contribution in [0, 0.1) is 6.92 Å². The zero-order chi connectivity index (χ0) is 21.6. The van der Waals surface area contributed by atoms with Gasteiger partial charge in [-0.05, 0) is 37.1 Å². The van der Waals surface area contributed by atoms with Gasteiger partial charge in [0.15, 0.2) is 0 Å². The Morgan fingerprint density at radius 2 is 1.55 bits per heavy atom. The van der Waals surface area contributed by atoms with Gasteiger partial charge in [-0.1, -0.05) is 72.3 Å². The van der Waals surface area contributed by atoms with Gasteiger partial charge in [0.25, 0.3) is 0 Å². The summed E-state index contributed by atoms with van der Waals surface area (Å²) in [5.41, 5.74) is 7.46. The van der Waals surface area contributed by atoms with Gasteiger partial charge in [-0.2, -0.15) is 0 Å². The first-order valence-corrected chi connectivity index (χ1v) is 10.6. The summed E-state index contributed by atoms with van der Waals surface area (Å²) >= 11 is 0. The van der Waals surface area contributed by atoms with E-state index < -0.39 is 0 Å². The van der Waals surface area contributed by atoms with Crippen molar-refractivity contribution in [3.8, 4) is 22.4 Å². The Morgan fingerprint density at radius 3 is 2.26 bits per heavy atom. The van der Waals surface area contributed by atoms with E-state index in [4.69, 9.17) is 9.72 Å². The minimum absolute atomic E-state index is 0.194. The van der Waals surface area contributed by atoms with E-state index in [2.05, 4.69) is 60.8 Å². The van der Waals surface area contributed by atoms with Crippen LogP contribution in [0.1, 0.15) is 18.9 Å². The highest BCUT2D eigenvalue weighted by molar-refractivity contribution is 5.94. The zero-order valence-electron chi connectivity index (χ0n) is 17.9. The number of pyridine rings is 1. The third kappa shape index (κ3) is 4.92. The Labute approximate surface area is 182 Å².